The second-order valence-corrected chi connectivity index (χ2v) is 10.9. The number of halogens is 1. The molecular formula is C32H33ClN4O. The maximum atomic E-state index is 13.0. The van der Waals surface area contributed by atoms with Crippen LogP contribution in [0.1, 0.15) is 33.1 Å². The molecule has 3 heterocycles. The maximum absolute atomic E-state index is 13.0. The molecule has 3 atom stereocenters. The minimum Gasteiger partial charge on any atom is -0.352 e. The highest BCUT2D eigenvalue weighted by molar-refractivity contribution is 6.30. The Morgan fingerprint density at radius 3 is 2.34 bits per heavy atom. The normalized spacial score (nSPS) is 23.3. The molecule has 6 heteroatoms. The summed E-state index contributed by atoms with van der Waals surface area (Å²) in [6.07, 6.45) is 6.94. The summed E-state index contributed by atoms with van der Waals surface area (Å²) in [7, 11) is 0. The number of allylic oxidation sites excluding steroid dienone is 2. The first kappa shape index (κ1) is 24.9. The van der Waals surface area contributed by atoms with Gasteiger partial charge in [-0.25, -0.2) is 0 Å². The number of hydrogen-bond donors (Lipinski definition) is 1. The predicted molar refractivity (Wildman–Crippen MR) is 154 cm³/mol. The molecule has 0 bridgehead atoms. The van der Waals surface area contributed by atoms with Gasteiger partial charge >= 0.3 is 0 Å². The molecule has 6 rings (SSSR count). The number of hydrogen-bond acceptors (Lipinski definition) is 4. The fraction of sp³-hybridized carbons (Fsp3) is 0.281. The van der Waals surface area contributed by atoms with Gasteiger partial charge in [-0.3, -0.25) is 15.0 Å². The molecule has 194 valence electrons. The van der Waals surface area contributed by atoms with Crippen molar-refractivity contribution >= 4 is 23.1 Å². The second kappa shape index (κ2) is 10.8. The molecule has 1 amide bonds. The Kier molecular flexibility index (Phi) is 7.07. The number of rotatable bonds is 5. The second-order valence-electron chi connectivity index (χ2n) is 10.4. The Hall–Kier alpha value is -3.38. The quantitative estimate of drug-likeness (QED) is 0.488. The molecule has 3 aliphatic rings. The van der Waals surface area contributed by atoms with Gasteiger partial charge in [0.25, 0.3) is 5.91 Å². The standard InChI is InChI=1S/C32H33ClN4O/c1-23-7-9-26(10-8-23)32(38)36-19-17-35(18-20-36)22-29-31(25-11-14-28(33)15-12-25)34-30-16-13-27(21-37(29)30)24-5-3-2-4-6-24/h2-16,21,29-31,34H,17-20,22H2,1H3. The molecule has 3 unspecified atom stereocenters. The van der Waals surface area contributed by atoms with E-state index >= 15 is 0 Å². The number of benzene rings is 3. The van der Waals surface area contributed by atoms with E-state index in [9.17, 15) is 4.79 Å². The van der Waals surface area contributed by atoms with Crippen LogP contribution in [0.4, 0.5) is 0 Å². The third-order valence-corrected chi connectivity index (χ3v) is 8.18. The Morgan fingerprint density at radius 2 is 1.63 bits per heavy atom. The molecule has 3 aromatic rings. The van der Waals surface area contributed by atoms with Crippen LogP contribution in [-0.2, 0) is 0 Å². The van der Waals surface area contributed by atoms with Crippen molar-refractivity contribution in [2.75, 3.05) is 32.7 Å². The number of nitrogens with zero attached hydrogens (tertiary/aromatic N) is 3. The number of piperazine rings is 1. The molecule has 0 aromatic heterocycles. The molecule has 3 aromatic carbocycles. The lowest BCUT2D eigenvalue weighted by Gasteiger charge is -2.39. The number of nitrogens with one attached hydrogen (secondary N) is 1. The van der Waals surface area contributed by atoms with Crippen molar-refractivity contribution in [2.45, 2.75) is 25.2 Å². The van der Waals surface area contributed by atoms with Gasteiger partial charge < -0.3 is 9.80 Å². The molecule has 0 aliphatic carbocycles. The van der Waals surface area contributed by atoms with Crippen molar-refractivity contribution in [1.82, 2.24) is 20.0 Å². The first-order valence-electron chi connectivity index (χ1n) is 13.4. The number of carbonyl (C=O) groups excluding carboxylic acids is 1. The van der Waals surface area contributed by atoms with Crippen molar-refractivity contribution in [3.05, 3.63) is 124 Å². The van der Waals surface area contributed by atoms with E-state index in [0.717, 1.165) is 43.3 Å². The fourth-order valence-electron chi connectivity index (χ4n) is 5.76. The third kappa shape index (κ3) is 5.14. The summed E-state index contributed by atoms with van der Waals surface area (Å²) >= 11 is 6.22. The Bertz CT molecular complexity index is 1330. The highest BCUT2D eigenvalue weighted by atomic mass is 35.5. The first-order chi connectivity index (χ1) is 18.5. The lowest BCUT2D eigenvalue weighted by Crippen LogP contribution is -2.52. The number of amides is 1. The Labute approximate surface area is 230 Å². The van der Waals surface area contributed by atoms with E-state index in [1.165, 1.54) is 22.3 Å². The summed E-state index contributed by atoms with van der Waals surface area (Å²) in [5, 5.41) is 4.61. The minimum absolute atomic E-state index is 0.128. The lowest BCUT2D eigenvalue weighted by molar-refractivity contribution is 0.0604. The van der Waals surface area contributed by atoms with E-state index in [2.05, 4.69) is 75.9 Å². The molecule has 38 heavy (non-hydrogen) atoms. The molecule has 2 saturated heterocycles. The van der Waals surface area contributed by atoms with E-state index in [-0.39, 0.29) is 24.2 Å². The summed E-state index contributed by atoms with van der Waals surface area (Å²) in [5.74, 6) is 0.128. The molecule has 2 fully saturated rings. The van der Waals surface area contributed by atoms with Crippen LogP contribution in [-0.4, -0.2) is 65.5 Å². The van der Waals surface area contributed by atoms with Crippen LogP contribution in [0.2, 0.25) is 5.02 Å². The smallest absolute Gasteiger partial charge is 0.253 e. The van der Waals surface area contributed by atoms with Crippen LogP contribution in [0.15, 0.2) is 97.2 Å². The van der Waals surface area contributed by atoms with Crippen molar-refractivity contribution in [3.8, 4) is 0 Å². The molecule has 0 radical (unpaired) electrons. The van der Waals surface area contributed by atoms with Gasteiger partial charge in [0, 0.05) is 49.5 Å². The van der Waals surface area contributed by atoms with E-state index in [1.807, 2.05) is 48.2 Å². The zero-order valence-electron chi connectivity index (χ0n) is 21.6. The maximum Gasteiger partial charge on any atom is 0.253 e. The van der Waals surface area contributed by atoms with Crippen molar-refractivity contribution in [1.29, 1.82) is 0 Å². The fourth-order valence-corrected chi connectivity index (χ4v) is 5.88. The van der Waals surface area contributed by atoms with Crippen LogP contribution in [0.25, 0.3) is 5.57 Å². The highest BCUT2D eigenvalue weighted by Crippen LogP contribution is 2.35. The van der Waals surface area contributed by atoms with Crippen LogP contribution in [0.5, 0.6) is 0 Å². The van der Waals surface area contributed by atoms with Crippen LogP contribution in [0, 0.1) is 6.92 Å². The van der Waals surface area contributed by atoms with E-state index < -0.39 is 0 Å². The third-order valence-electron chi connectivity index (χ3n) is 7.93. The molecular weight excluding hydrogens is 492 g/mol. The zero-order chi connectivity index (χ0) is 26.1. The number of aryl methyl sites for hydroxylation is 1. The Balaban J connectivity index is 1.20. The van der Waals surface area contributed by atoms with Crippen molar-refractivity contribution in [2.24, 2.45) is 0 Å². The number of fused-ring (bicyclic) bond motifs is 1. The van der Waals surface area contributed by atoms with E-state index in [4.69, 9.17) is 11.6 Å². The average molecular weight is 525 g/mol. The van der Waals surface area contributed by atoms with E-state index in [0.29, 0.717) is 0 Å². The zero-order valence-corrected chi connectivity index (χ0v) is 22.4. The number of carbonyl (C=O) groups is 1. The first-order valence-corrected chi connectivity index (χ1v) is 13.8. The van der Waals surface area contributed by atoms with Crippen LogP contribution in [0.3, 0.4) is 0 Å². The van der Waals surface area contributed by atoms with Gasteiger partial charge in [-0.05, 0) is 54.0 Å². The molecule has 5 nitrogen and oxygen atoms in total. The summed E-state index contributed by atoms with van der Waals surface area (Å²) in [4.78, 5) is 20.0. The van der Waals surface area contributed by atoms with Gasteiger partial charge in [-0.1, -0.05) is 77.8 Å². The van der Waals surface area contributed by atoms with E-state index in [1.54, 1.807) is 0 Å². The average Bonchev–Trinajstić information content (AvgIpc) is 3.32. The molecule has 0 saturated carbocycles. The highest BCUT2D eigenvalue weighted by Gasteiger charge is 2.41. The van der Waals surface area contributed by atoms with Gasteiger partial charge in [-0.15, -0.1) is 0 Å². The largest absolute Gasteiger partial charge is 0.352 e. The monoisotopic (exact) mass is 524 g/mol. The molecule has 0 spiro atoms. The summed E-state index contributed by atoms with van der Waals surface area (Å²) in [6, 6.07) is 27.1. The van der Waals surface area contributed by atoms with Gasteiger partial charge in [0.1, 0.15) is 0 Å². The topological polar surface area (TPSA) is 38.8 Å². The van der Waals surface area contributed by atoms with Gasteiger partial charge in [0.05, 0.1) is 18.2 Å². The van der Waals surface area contributed by atoms with Gasteiger partial charge in [0.2, 0.25) is 0 Å². The predicted octanol–water partition coefficient (Wildman–Crippen LogP) is 5.36. The minimum atomic E-state index is 0.128. The summed E-state index contributed by atoms with van der Waals surface area (Å²) < 4.78 is 0. The molecule has 1 N–H and O–H groups in total. The van der Waals surface area contributed by atoms with Crippen LogP contribution >= 0.6 is 11.6 Å². The van der Waals surface area contributed by atoms with Crippen molar-refractivity contribution in [3.63, 3.8) is 0 Å². The summed E-state index contributed by atoms with van der Waals surface area (Å²) in [6.45, 7) is 6.18. The SMILES string of the molecule is Cc1ccc(C(=O)N2CCN(CC3C(c4ccc(Cl)cc4)NC4C=CC(c5ccccc5)=CN43)CC2)cc1. The van der Waals surface area contributed by atoms with Crippen LogP contribution < -0.4 is 5.32 Å². The van der Waals surface area contributed by atoms with Gasteiger partial charge in [-0.2, -0.15) is 0 Å². The lowest BCUT2D eigenvalue weighted by atomic mass is 9.98. The van der Waals surface area contributed by atoms with Crippen molar-refractivity contribution < 1.29 is 4.79 Å². The van der Waals surface area contributed by atoms with Gasteiger partial charge in [0.15, 0.2) is 0 Å². The molecule has 3 aliphatic heterocycles. The summed E-state index contributed by atoms with van der Waals surface area (Å²) in [5.41, 5.74) is 5.62. The Morgan fingerprint density at radius 1 is 0.921 bits per heavy atom.